The zero-order chi connectivity index (χ0) is 15.8. The van der Waals surface area contributed by atoms with E-state index in [9.17, 15) is 14.4 Å². The number of nitrogens with one attached hydrogen (secondary N) is 1. The molecule has 0 spiro atoms. The number of hydrogen-bond donors (Lipinski definition) is 1. The van der Waals surface area contributed by atoms with Crippen LogP contribution in [0.5, 0.6) is 0 Å². The van der Waals surface area contributed by atoms with E-state index in [4.69, 9.17) is 0 Å². The third-order valence-corrected chi connectivity index (χ3v) is 4.18. The predicted molar refractivity (Wildman–Crippen MR) is 79.2 cm³/mol. The Bertz CT molecular complexity index is 624. The Balaban J connectivity index is 2.18. The number of imide groups is 1. The Morgan fingerprint density at radius 2 is 1.90 bits per heavy atom. The molecule has 1 saturated heterocycles. The first kappa shape index (κ1) is 15.2. The third-order valence-electron chi connectivity index (χ3n) is 4.18. The molecule has 0 radical (unpaired) electrons. The van der Waals surface area contributed by atoms with Gasteiger partial charge in [-0.3, -0.25) is 14.5 Å². The molecule has 2 rings (SSSR count). The minimum Gasteiger partial charge on any atom is -0.323 e. The first-order valence-corrected chi connectivity index (χ1v) is 7.03. The van der Waals surface area contributed by atoms with Crippen LogP contribution in [-0.4, -0.2) is 34.7 Å². The third kappa shape index (κ3) is 2.68. The SMILES string of the molecule is CCC1(C)NC(=O)N(CC(=O)c2ccc(C)c(C)c2)C1=O. The number of benzene rings is 1. The summed E-state index contributed by atoms with van der Waals surface area (Å²) in [5, 5.41) is 2.64. The molecule has 112 valence electrons. The van der Waals surface area contributed by atoms with Crippen LogP contribution in [0, 0.1) is 13.8 Å². The predicted octanol–water partition coefficient (Wildman–Crippen LogP) is 2.21. The lowest BCUT2D eigenvalue weighted by atomic mass is 9.99. The summed E-state index contributed by atoms with van der Waals surface area (Å²) in [5.41, 5.74) is 1.72. The van der Waals surface area contributed by atoms with Crippen molar-refractivity contribution >= 4 is 17.7 Å². The summed E-state index contributed by atoms with van der Waals surface area (Å²) < 4.78 is 0. The number of carbonyl (C=O) groups excluding carboxylic acids is 3. The van der Waals surface area contributed by atoms with Gasteiger partial charge in [-0.1, -0.05) is 19.1 Å². The average Bonchev–Trinajstić information content (AvgIpc) is 2.66. The molecule has 0 saturated carbocycles. The highest BCUT2D eigenvalue weighted by atomic mass is 16.2. The molecular formula is C16H20N2O3. The fourth-order valence-electron chi connectivity index (χ4n) is 2.28. The van der Waals surface area contributed by atoms with Gasteiger partial charge in [-0.05, 0) is 44.4 Å². The molecular weight excluding hydrogens is 268 g/mol. The van der Waals surface area contributed by atoms with Gasteiger partial charge in [0.15, 0.2) is 5.78 Å². The molecule has 1 aromatic rings. The summed E-state index contributed by atoms with van der Waals surface area (Å²) in [6.45, 7) is 7.17. The van der Waals surface area contributed by atoms with Gasteiger partial charge in [-0.2, -0.15) is 0 Å². The molecule has 5 heteroatoms. The van der Waals surface area contributed by atoms with Gasteiger partial charge in [0.25, 0.3) is 5.91 Å². The number of Topliss-reactive ketones (excluding diaryl/α,β-unsaturated/α-hetero) is 1. The number of nitrogens with zero attached hydrogens (tertiary/aromatic N) is 1. The molecule has 1 aliphatic heterocycles. The van der Waals surface area contributed by atoms with Crippen molar-refractivity contribution in [2.45, 2.75) is 39.7 Å². The highest BCUT2D eigenvalue weighted by Crippen LogP contribution is 2.21. The summed E-state index contributed by atoms with van der Waals surface area (Å²) in [6, 6.07) is 4.88. The minimum absolute atomic E-state index is 0.219. The maximum atomic E-state index is 12.3. The molecule has 0 aliphatic carbocycles. The lowest BCUT2D eigenvalue weighted by Gasteiger charge is -2.19. The molecule has 3 amide bonds. The molecule has 1 atom stereocenters. The van der Waals surface area contributed by atoms with Gasteiger partial charge in [-0.25, -0.2) is 4.79 Å². The Kier molecular flexibility index (Phi) is 3.85. The second kappa shape index (κ2) is 5.31. The van der Waals surface area contributed by atoms with Gasteiger partial charge in [0, 0.05) is 5.56 Å². The number of hydrogen-bond acceptors (Lipinski definition) is 3. The van der Waals surface area contributed by atoms with Crippen LogP contribution in [0.1, 0.15) is 41.8 Å². The molecule has 5 nitrogen and oxygen atoms in total. The summed E-state index contributed by atoms with van der Waals surface area (Å²) >= 11 is 0. The van der Waals surface area contributed by atoms with Gasteiger partial charge < -0.3 is 5.32 Å². The zero-order valence-electron chi connectivity index (χ0n) is 12.8. The van der Waals surface area contributed by atoms with Crippen molar-refractivity contribution < 1.29 is 14.4 Å². The maximum absolute atomic E-state index is 12.3. The highest BCUT2D eigenvalue weighted by Gasteiger charge is 2.46. The van der Waals surface area contributed by atoms with Crippen molar-refractivity contribution in [1.82, 2.24) is 10.2 Å². The number of amides is 3. The van der Waals surface area contributed by atoms with E-state index in [0.717, 1.165) is 16.0 Å². The monoisotopic (exact) mass is 288 g/mol. The van der Waals surface area contributed by atoms with Crippen molar-refractivity contribution in [2.24, 2.45) is 0 Å². The molecule has 1 unspecified atom stereocenters. The Hall–Kier alpha value is -2.17. The van der Waals surface area contributed by atoms with Crippen molar-refractivity contribution in [1.29, 1.82) is 0 Å². The summed E-state index contributed by atoms with van der Waals surface area (Å²) in [5.74, 6) is -0.575. The molecule has 1 N–H and O–H groups in total. The number of carbonyl (C=O) groups is 3. The van der Waals surface area contributed by atoms with Crippen molar-refractivity contribution in [2.75, 3.05) is 6.54 Å². The van der Waals surface area contributed by atoms with Crippen LogP contribution in [-0.2, 0) is 4.79 Å². The van der Waals surface area contributed by atoms with E-state index in [2.05, 4.69) is 5.32 Å². The Labute approximate surface area is 124 Å². The maximum Gasteiger partial charge on any atom is 0.325 e. The lowest BCUT2D eigenvalue weighted by Crippen LogP contribution is -2.43. The quantitative estimate of drug-likeness (QED) is 0.682. The van der Waals surface area contributed by atoms with Gasteiger partial charge >= 0.3 is 6.03 Å². The molecule has 0 aromatic heterocycles. The highest BCUT2D eigenvalue weighted by molar-refractivity contribution is 6.11. The summed E-state index contributed by atoms with van der Waals surface area (Å²) in [4.78, 5) is 37.4. The molecule has 0 bridgehead atoms. The van der Waals surface area contributed by atoms with Crippen LogP contribution in [0.2, 0.25) is 0 Å². The smallest absolute Gasteiger partial charge is 0.323 e. The second-order valence-electron chi connectivity index (χ2n) is 5.73. The summed E-state index contributed by atoms with van der Waals surface area (Å²) in [6.07, 6.45) is 0.492. The molecule has 1 aliphatic rings. The van der Waals surface area contributed by atoms with Crippen molar-refractivity contribution in [3.05, 3.63) is 34.9 Å². The van der Waals surface area contributed by atoms with Crippen LogP contribution < -0.4 is 5.32 Å². The second-order valence-corrected chi connectivity index (χ2v) is 5.73. The minimum atomic E-state index is -0.902. The Morgan fingerprint density at radius 1 is 1.24 bits per heavy atom. The van der Waals surface area contributed by atoms with Gasteiger partial charge in [-0.15, -0.1) is 0 Å². The topological polar surface area (TPSA) is 66.5 Å². The van der Waals surface area contributed by atoms with Gasteiger partial charge in [0.2, 0.25) is 0 Å². The van der Waals surface area contributed by atoms with Gasteiger partial charge in [0.1, 0.15) is 5.54 Å². The van der Waals surface area contributed by atoms with Crippen LogP contribution in [0.4, 0.5) is 4.79 Å². The summed E-state index contributed by atoms with van der Waals surface area (Å²) in [7, 11) is 0. The van der Waals surface area contributed by atoms with E-state index >= 15 is 0 Å². The standard InChI is InChI=1S/C16H20N2O3/c1-5-16(4)14(20)18(15(21)17-16)9-13(19)12-7-6-10(2)11(3)8-12/h6-8H,5,9H2,1-4H3,(H,17,21). The van der Waals surface area contributed by atoms with E-state index in [1.165, 1.54) is 0 Å². The van der Waals surface area contributed by atoms with E-state index in [0.29, 0.717) is 12.0 Å². The largest absolute Gasteiger partial charge is 0.325 e. The van der Waals surface area contributed by atoms with E-state index < -0.39 is 11.6 Å². The van der Waals surface area contributed by atoms with Crippen LogP contribution in [0.15, 0.2) is 18.2 Å². The van der Waals surface area contributed by atoms with E-state index in [-0.39, 0.29) is 18.2 Å². The van der Waals surface area contributed by atoms with Crippen LogP contribution in [0.3, 0.4) is 0 Å². The number of aryl methyl sites for hydroxylation is 2. The van der Waals surface area contributed by atoms with Crippen molar-refractivity contribution in [3.8, 4) is 0 Å². The van der Waals surface area contributed by atoms with Crippen LogP contribution in [0.25, 0.3) is 0 Å². The van der Waals surface area contributed by atoms with E-state index in [1.807, 2.05) is 26.8 Å². The first-order chi connectivity index (χ1) is 9.78. The fraction of sp³-hybridized carbons (Fsp3) is 0.438. The van der Waals surface area contributed by atoms with Gasteiger partial charge in [0.05, 0.1) is 6.54 Å². The fourth-order valence-corrected chi connectivity index (χ4v) is 2.28. The van der Waals surface area contributed by atoms with E-state index in [1.54, 1.807) is 19.1 Å². The first-order valence-electron chi connectivity index (χ1n) is 7.03. The lowest BCUT2D eigenvalue weighted by molar-refractivity contribution is -0.130. The number of urea groups is 1. The Morgan fingerprint density at radius 3 is 2.43 bits per heavy atom. The number of rotatable bonds is 4. The normalized spacial score (nSPS) is 21.6. The molecule has 1 heterocycles. The molecule has 1 fully saturated rings. The number of ketones is 1. The average molecular weight is 288 g/mol. The molecule has 1 aromatic carbocycles. The van der Waals surface area contributed by atoms with Crippen molar-refractivity contribution in [3.63, 3.8) is 0 Å². The molecule has 21 heavy (non-hydrogen) atoms. The zero-order valence-corrected chi connectivity index (χ0v) is 12.8. The van der Waals surface area contributed by atoms with Crippen LogP contribution >= 0.6 is 0 Å².